The van der Waals surface area contributed by atoms with Crippen molar-refractivity contribution in [2.24, 2.45) is 0 Å². The summed E-state index contributed by atoms with van der Waals surface area (Å²) in [4.78, 5) is 22.3. The maximum Gasteiger partial charge on any atom is 0.334 e. The van der Waals surface area contributed by atoms with E-state index < -0.39 is 33.5 Å². The number of rotatable bonds is 7. The Morgan fingerprint density at radius 3 is 2.22 bits per heavy atom. The molecule has 3 N–H and O–H groups in total. The van der Waals surface area contributed by atoms with E-state index in [1.807, 2.05) is 0 Å². The number of carboxylic acid groups (broad SMARTS) is 1. The average Bonchev–Trinajstić information content (AvgIpc) is 2.13. The Morgan fingerprint density at radius 1 is 1.39 bits per heavy atom. The molecule has 0 aromatic carbocycles. The highest BCUT2D eigenvalue weighted by atomic mass is 32.2. The molecule has 0 rings (SSSR count). The molecule has 1 atom stereocenters. The molecule has 0 saturated heterocycles. The standard InChI is InChI=1S/C9H18N2O6S/c1-9(2,11-18(4,15)16)8(14)10-5-6(17-3)7(12)13/h6,11H,5H2,1-4H3,(H,10,14)(H,12,13). The van der Waals surface area contributed by atoms with Crippen molar-refractivity contribution in [1.29, 1.82) is 0 Å². The Labute approximate surface area is 106 Å². The summed E-state index contributed by atoms with van der Waals surface area (Å²) in [6.07, 6.45) is -0.250. The molecular formula is C9H18N2O6S. The van der Waals surface area contributed by atoms with Crippen LogP contribution in [0.15, 0.2) is 0 Å². The third-order valence-corrected chi connectivity index (χ3v) is 2.90. The van der Waals surface area contributed by atoms with Gasteiger partial charge >= 0.3 is 5.97 Å². The van der Waals surface area contributed by atoms with Crippen LogP contribution in [0.3, 0.4) is 0 Å². The van der Waals surface area contributed by atoms with Crippen LogP contribution >= 0.6 is 0 Å². The molecule has 0 aliphatic heterocycles. The number of nitrogens with one attached hydrogen (secondary N) is 2. The smallest absolute Gasteiger partial charge is 0.334 e. The van der Waals surface area contributed by atoms with Gasteiger partial charge in [0.05, 0.1) is 12.8 Å². The minimum absolute atomic E-state index is 0.250. The summed E-state index contributed by atoms with van der Waals surface area (Å²) < 4.78 is 28.8. The quantitative estimate of drug-likeness (QED) is 0.524. The lowest BCUT2D eigenvalue weighted by molar-refractivity contribution is -0.148. The van der Waals surface area contributed by atoms with Crippen LogP contribution in [0.5, 0.6) is 0 Å². The van der Waals surface area contributed by atoms with Gasteiger partial charge in [-0.05, 0) is 13.8 Å². The van der Waals surface area contributed by atoms with E-state index >= 15 is 0 Å². The monoisotopic (exact) mass is 282 g/mol. The first kappa shape index (κ1) is 16.8. The van der Waals surface area contributed by atoms with Gasteiger partial charge in [-0.25, -0.2) is 17.9 Å². The summed E-state index contributed by atoms with van der Waals surface area (Å²) in [7, 11) is -2.35. The summed E-state index contributed by atoms with van der Waals surface area (Å²) in [5.74, 6) is -1.86. The molecule has 106 valence electrons. The number of carbonyl (C=O) groups is 2. The fraction of sp³-hybridized carbons (Fsp3) is 0.778. The van der Waals surface area contributed by atoms with Crippen molar-refractivity contribution >= 4 is 21.9 Å². The van der Waals surface area contributed by atoms with Gasteiger partial charge in [-0.2, -0.15) is 0 Å². The number of hydrogen-bond donors (Lipinski definition) is 3. The highest BCUT2D eigenvalue weighted by Crippen LogP contribution is 2.04. The predicted octanol–water partition coefficient (Wildman–Crippen LogP) is -1.47. The van der Waals surface area contributed by atoms with Gasteiger partial charge in [0, 0.05) is 7.11 Å². The zero-order chi connectivity index (χ0) is 14.6. The first-order valence-electron chi connectivity index (χ1n) is 5.02. The molecule has 0 aliphatic carbocycles. The van der Waals surface area contributed by atoms with Gasteiger partial charge in [-0.1, -0.05) is 0 Å². The molecule has 0 aromatic rings. The lowest BCUT2D eigenvalue weighted by Crippen LogP contribution is -2.55. The van der Waals surface area contributed by atoms with Gasteiger partial charge in [-0.15, -0.1) is 0 Å². The molecule has 0 bridgehead atoms. The fourth-order valence-corrected chi connectivity index (χ4v) is 2.21. The van der Waals surface area contributed by atoms with Crippen molar-refractivity contribution in [3.63, 3.8) is 0 Å². The number of sulfonamides is 1. The maximum absolute atomic E-state index is 11.7. The predicted molar refractivity (Wildman–Crippen MR) is 63.5 cm³/mol. The van der Waals surface area contributed by atoms with Crippen molar-refractivity contribution < 1.29 is 27.9 Å². The Morgan fingerprint density at radius 2 is 1.89 bits per heavy atom. The van der Waals surface area contributed by atoms with Crippen LogP contribution in [0.4, 0.5) is 0 Å². The van der Waals surface area contributed by atoms with Gasteiger partial charge in [-0.3, -0.25) is 4.79 Å². The van der Waals surface area contributed by atoms with E-state index in [4.69, 9.17) is 5.11 Å². The van der Waals surface area contributed by atoms with Crippen LogP contribution < -0.4 is 10.0 Å². The van der Waals surface area contributed by atoms with Crippen molar-refractivity contribution in [1.82, 2.24) is 10.0 Å². The third-order valence-electron chi connectivity index (χ3n) is 2.02. The average molecular weight is 282 g/mol. The molecule has 0 heterocycles. The highest BCUT2D eigenvalue weighted by molar-refractivity contribution is 7.88. The second-order valence-electron chi connectivity index (χ2n) is 4.27. The van der Waals surface area contributed by atoms with E-state index in [1.165, 1.54) is 21.0 Å². The first-order valence-corrected chi connectivity index (χ1v) is 6.91. The Balaban J connectivity index is 4.53. The molecule has 8 nitrogen and oxygen atoms in total. The summed E-state index contributed by atoms with van der Waals surface area (Å²) >= 11 is 0. The van der Waals surface area contributed by atoms with Crippen LogP contribution in [0.1, 0.15) is 13.8 Å². The third kappa shape index (κ3) is 5.94. The van der Waals surface area contributed by atoms with Crippen LogP contribution in [0.2, 0.25) is 0 Å². The topological polar surface area (TPSA) is 122 Å². The van der Waals surface area contributed by atoms with Crippen LogP contribution in [0.25, 0.3) is 0 Å². The Kier molecular flexibility index (Phi) is 5.71. The summed E-state index contributed by atoms with van der Waals surface area (Å²) in [5.41, 5.74) is -1.37. The normalized spacial score (nSPS) is 14.0. The van der Waals surface area contributed by atoms with Crippen molar-refractivity contribution in [2.45, 2.75) is 25.5 Å². The molecule has 0 aliphatic rings. The van der Waals surface area contributed by atoms with Crippen LogP contribution in [0, 0.1) is 0 Å². The molecule has 0 aromatic heterocycles. The number of ether oxygens (including phenoxy) is 1. The van der Waals surface area contributed by atoms with E-state index in [2.05, 4.69) is 14.8 Å². The summed E-state index contributed by atoms with van der Waals surface area (Å²) in [5, 5.41) is 11.0. The van der Waals surface area contributed by atoms with Gasteiger partial charge in [0.1, 0.15) is 5.54 Å². The minimum atomic E-state index is -3.55. The number of aliphatic carboxylic acids is 1. The zero-order valence-corrected chi connectivity index (χ0v) is 11.5. The fourth-order valence-electron chi connectivity index (χ4n) is 1.19. The second-order valence-corrected chi connectivity index (χ2v) is 6.02. The van der Waals surface area contributed by atoms with E-state index in [9.17, 15) is 18.0 Å². The molecule has 1 amide bonds. The molecular weight excluding hydrogens is 264 g/mol. The molecule has 0 fully saturated rings. The Hall–Kier alpha value is -1.19. The first-order chi connectivity index (χ1) is 7.99. The van der Waals surface area contributed by atoms with Crippen molar-refractivity contribution in [2.75, 3.05) is 19.9 Å². The van der Waals surface area contributed by atoms with Gasteiger partial charge in [0.15, 0.2) is 6.10 Å². The van der Waals surface area contributed by atoms with E-state index in [0.717, 1.165) is 6.26 Å². The number of amides is 1. The molecule has 18 heavy (non-hydrogen) atoms. The lowest BCUT2D eigenvalue weighted by Gasteiger charge is -2.24. The molecule has 1 unspecified atom stereocenters. The van der Waals surface area contributed by atoms with Crippen molar-refractivity contribution in [3.8, 4) is 0 Å². The largest absolute Gasteiger partial charge is 0.479 e. The highest BCUT2D eigenvalue weighted by Gasteiger charge is 2.31. The molecule has 0 radical (unpaired) electrons. The van der Waals surface area contributed by atoms with Gasteiger partial charge in [0.2, 0.25) is 15.9 Å². The molecule has 0 saturated carbocycles. The van der Waals surface area contributed by atoms with Crippen molar-refractivity contribution in [3.05, 3.63) is 0 Å². The minimum Gasteiger partial charge on any atom is -0.479 e. The van der Waals surface area contributed by atoms with E-state index in [-0.39, 0.29) is 6.54 Å². The second kappa shape index (κ2) is 6.12. The van der Waals surface area contributed by atoms with Gasteiger partial charge < -0.3 is 15.2 Å². The maximum atomic E-state index is 11.7. The van der Waals surface area contributed by atoms with Gasteiger partial charge in [0.25, 0.3) is 0 Å². The summed E-state index contributed by atoms with van der Waals surface area (Å²) in [6, 6.07) is 0. The Bertz CT molecular complexity index is 417. The number of methoxy groups -OCH3 is 1. The lowest BCUT2D eigenvalue weighted by atomic mass is 10.1. The number of carboxylic acids is 1. The number of hydrogen-bond acceptors (Lipinski definition) is 5. The zero-order valence-electron chi connectivity index (χ0n) is 10.7. The van der Waals surface area contributed by atoms with E-state index in [1.54, 1.807) is 0 Å². The van der Waals surface area contributed by atoms with E-state index in [0.29, 0.717) is 0 Å². The van der Waals surface area contributed by atoms with Crippen LogP contribution in [-0.4, -0.2) is 57.0 Å². The molecule has 9 heteroatoms. The number of carbonyl (C=O) groups excluding carboxylic acids is 1. The van der Waals surface area contributed by atoms with Crippen LogP contribution in [-0.2, 0) is 24.3 Å². The summed E-state index contributed by atoms with van der Waals surface area (Å²) in [6.45, 7) is 2.48. The SMILES string of the molecule is COC(CNC(=O)C(C)(C)NS(C)(=O)=O)C(=O)O. The molecule has 0 spiro atoms.